The summed E-state index contributed by atoms with van der Waals surface area (Å²) < 4.78 is 8.47. The molecule has 2 heterocycles. The van der Waals surface area contributed by atoms with Gasteiger partial charge in [-0.1, -0.05) is 19.3 Å². The molecular weight excluding hydrogens is 362 g/mol. The Labute approximate surface area is 161 Å². The first-order valence-electron chi connectivity index (χ1n) is 9.25. The largest absolute Gasteiger partial charge is 0.459 e. The Hall–Kier alpha value is -2.41. The lowest BCUT2D eigenvalue weighted by atomic mass is 10.0. The van der Waals surface area contributed by atoms with Crippen molar-refractivity contribution in [2.75, 3.05) is 5.32 Å². The van der Waals surface area contributed by atoms with E-state index in [2.05, 4.69) is 5.32 Å². The van der Waals surface area contributed by atoms with Gasteiger partial charge in [-0.3, -0.25) is 13.9 Å². The van der Waals surface area contributed by atoms with E-state index in [-0.39, 0.29) is 17.4 Å². The number of aryl methyl sites for hydroxylation is 2. The molecule has 0 spiro atoms. The predicted molar refractivity (Wildman–Crippen MR) is 108 cm³/mol. The number of carbonyl (C=O) groups excluding carboxylic acids is 1. The monoisotopic (exact) mass is 385 g/mol. The second kappa shape index (κ2) is 7.31. The normalized spacial score (nSPS) is 15.3. The van der Waals surface area contributed by atoms with Crippen molar-refractivity contribution in [2.24, 2.45) is 14.1 Å². The Bertz CT molecular complexity index is 1030. The highest BCUT2D eigenvalue weighted by Crippen LogP contribution is 2.39. The summed E-state index contributed by atoms with van der Waals surface area (Å²) in [6.07, 6.45) is 7.64. The summed E-state index contributed by atoms with van der Waals surface area (Å²) in [5, 5.41) is 3.51. The molecule has 0 bridgehead atoms. The number of benzene rings is 1. The number of rotatable bonds is 4. The summed E-state index contributed by atoms with van der Waals surface area (Å²) in [5.41, 5.74) is 2.32. The van der Waals surface area contributed by atoms with Crippen LogP contribution in [-0.4, -0.2) is 20.3 Å². The molecule has 0 atom stereocenters. The number of thioether (sulfide) groups is 1. The third-order valence-electron chi connectivity index (χ3n) is 5.21. The summed E-state index contributed by atoms with van der Waals surface area (Å²) in [7, 11) is 3.53. The van der Waals surface area contributed by atoms with E-state index in [1.165, 1.54) is 38.4 Å². The van der Waals surface area contributed by atoms with Gasteiger partial charge >= 0.3 is 5.69 Å². The molecule has 0 saturated heterocycles. The lowest BCUT2D eigenvalue weighted by Gasteiger charge is -2.22. The highest BCUT2D eigenvalue weighted by atomic mass is 32.2. The van der Waals surface area contributed by atoms with Gasteiger partial charge in [0.1, 0.15) is 0 Å². The number of hydrogen-bond acceptors (Lipinski definition) is 4. The van der Waals surface area contributed by atoms with Crippen molar-refractivity contribution in [3.05, 3.63) is 46.8 Å². The Morgan fingerprint density at radius 1 is 1.15 bits per heavy atom. The summed E-state index contributed by atoms with van der Waals surface area (Å²) in [6.45, 7) is 0. The van der Waals surface area contributed by atoms with Crippen molar-refractivity contribution in [1.82, 2.24) is 9.13 Å². The quantitative estimate of drug-likeness (QED) is 0.733. The number of anilines is 1. The Balaban J connectivity index is 1.75. The topological polar surface area (TPSA) is 69.2 Å². The molecule has 0 aliphatic heterocycles. The number of imidazole rings is 1. The molecule has 0 unspecified atom stereocenters. The number of nitrogens with zero attached hydrogens (tertiary/aromatic N) is 2. The molecule has 4 rings (SSSR count). The summed E-state index contributed by atoms with van der Waals surface area (Å²) in [5.74, 6) is -0.0172. The van der Waals surface area contributed by atoms with E-state index in [0.29, 0.717) is 5.25 Å². The number of fused-ring (bicyclic) bond motifs is 1. The van der Waals surface area contributed by atoms with Gasteiger partial charge in [-0.25, -0.2) is 4.79 Å². The van der Waals surface area contributed by atoms with Crippen LogP contribution in [0.4, 0.5) is 5.69 Å². The minimum absolute atomic E-state index is 0.0758. The van der Waals surface area contributed by atoms with E-state index in [4.69, 9.17) is 4.42 Å². The molecule has 27 heavy (non-hydrogen) atoms. The molecular formula is C20H23N3O3S. The second-order valence-corrected chi connectivity index (χ2v) is 8.39. The van der Waals surface area contributed by atoms with Gasteiger partial charge in [-0.05, 0) is 37.1 Å². The number of nitrogens with one attached hydrogen (secondary N) is 1. The van der Waals surface area contributed by atoms with Gasteiger partial charge in [0.15, 0.2) is 5.76 Å². The first-order valence-corrected chi connectivity index (χ1v) is 10.1. The van der Waals surface area contributed by atoms with E-state index in [1.54, 1.807) is 47.1 Å². The van der Waals surface area contributed by atoms with Crippen LogP contribution >= 0.6 is 11.8 Å². The van der Waals surface area contributed by atoms with Crippen LogP contribution in [0, 0.1) is 0 Å². The SMILES string of the molecule is Cn1c(=O)n(C)c2cc(SC3CCCCC3)c(NC(=O)c3ccco3)cc21. The number of carbonyl (C=O) groups is 1. The van der Waals surface area contributed by atoms with Crippen LogP contribution in [0.1, 0.15) is 42.7 Å². The van der Waals surface area contributed by atoms with Crippen molar-refractivity contribution in [2.45, 2.75) is 42.2 Å². The van der Waals surface area contributed by atoms with E-state index in [9.17, 15) is 9.59 Å². The van der Waals surface area contributed by atoms with E-state index in [1.807, 2.05) is 12.1 Å². The molecule has 2 aromatic heterocycles. The highest BCUT2D eigenvalue weighted by Gasteiger charge is 2.20. The van der Waals surface area contributed by atoms with Gasteiger partial charge in [0.25, 0.3) is 5.91 Å². The van der Waals surface area contributed by atoms with Crippen LogP contribution in [0.5, 0.6) is 0 Å². The Morgan fingerprint density at radius 3 is 2.52 bits per heavy atom. The van der Waals surface area contributed by atoms with E-state index in [0.717, 1.165) is 21.6 Å². The Kier molecular flexibility index (Phi) is 4.86. The third-order valence-corrected chi connectivity index (χ3v) is 6.61. The zero-order chi connectivity index (χ0) is 19.0. The summed E-state index contributed by atoms with van der Waals surface area (Å²) in [6, 6.07) is 7.24. The molecule has 1 aliphatic carbocycles. The third kappa shape index (κ3) is 3.43. The zero-order valence-corrected chi connectivity index (χ0v) is 16.3. The van der Waals surface area contributed by atoms with Gasteiger partial charge in [-0.15, -0.1) is 11.8 Å². The maximum absolute atomic E-state index is 12.5. The van der Waals surface area contributed by atoms with Gasteiger partial charge in [0.2, 0.25) is 0 Å². The van der Waals surface area contributed by atoms with E-state index < -0.39 is 0 Å². The van der Waals surface area contributed by atoms with Crippen LogP contribution in [-0.2, 0) is 14.1 Å². The van der Waals surface area contributed by atoms with Crippen LogP contribution in [0.25, 0.3) is 11.0 Å². The lowest BCUT2D eigenvalue weighted by Crippen LogP contribution is -2.19. The number of hydrogen-bond donors (Lipinski definition) is 1. The molecule has 7 heteroatoms. The lowest BCUT2D eigenvalue weighted by molar-refractivity contribution is 0.0996. The van der Waals surface area contributed by atoms with Crippen LogP contribution < -0.4 is 11.0 Å². The Morgan fingerprint density at radius 2 is 1.85 bits per heavy atom. The average Bonchev–Trinajstić information content (AvgIpc) is 3.28. The highest BCUT2D eigenvalue weighted by molar-refractivity contribution is 8.00. The molecule has 6 nitrogen and oxygen atoms in total. The predicted octanol–water partition coefficient (Wildman–Crippen LogP) is 4.15. The molecule has 1 fully saturated rings. The molecule has 1 aromatic carbocycles. The van der Waals surface area contributed by atoms with Gasteiger partial charge in [-0.2, -0.15) is 0 Å². The van der Waals surface area contributed by atoms with Gasteiger partial charge in [0.05, 0.1) is 23.0 Å². The van der Waals surface area contributed by atoms with Crippen LogP contribution in [0.15, 0.2) is 44.6 Å². The number of amides is 1. The van der Waals surface area contributed by atoms with Gasteiger partial charge in [0, 0.05) is 24.2 Å². The smallest absolute Gasteiger partial charge is 0.328 e. The molecule has 0 radical (unpaired) electrons. The molecule has 142 valence electrons. The standard InChI is InChI=1S/C20H23N3O3S/c1-22-15-11-14(21-19(24)17-9-6-10-26-17)18(12-16(15)23(2)20(22)25)27-13-7-4-3-5-8-13/h6,9-13H,3-5,7-8H2,1-2H3,(H,21,24). The first-order chi connectivity index (χ1) is 13.0. The minimum Gasteiger partial charge on any atom is -0.459 e. The average molecular weight is 385 g/mol. The van der Waals surface area contributed by atoms with Crippen molar-refractivity contribution in [3.8, 4) is 0 Å². The molecule has 3 aromatic rings. The molecule has 1 amide bonds. The second-order valence-electron chi connectivity index (χ2n) is 7.05. The first kappa shape index (κ1) is 18.0. The fourth-order valence-electron chi connectivity index (χ4n) is 3.68. The fourth-order valence-corrected chi connectivity index (χ4v) is 5.02. The van der Waals surface area contributed by atoms with Crippen molar-refractivity contribution < 1.29 is 9.21 Å². The number of aromatic nitrogens is 2. The maximum atomic E-state index is 12.5. The van der Waals surface area contributed by atoms with Gasteiger partial charge < -0.3 is 9.73 Å². The van der Waals surface area contributed by atoms with Crippen LogP contribution in [0.2, 0.25) is 0 Å². The molecule has 1 saturated carbocycles. The van der Waals surface area contributed by atoms with Crippen molar-refractivity contribution in [3.63, 3.8) is 0 Å². The molecule has 1 N–H and O–H groups in total. The fraction of sp³-hybridized carbons (Fsp3) is 0.400. The van der Waals surface area contributed by atoms with Crippen molar-refractivity contribution >= 4 is 34.4 Å². The van der Waals surface area contributed by atoms with E-state index >= 15 is 0 Å². The minimum atomic E-state index is -0.286. The zero-order valence-electron chi connectivity index (χ0n) is 15.5. The van der Waals surface area contributed by atoms with Crippen LogP contribution in [0.3, 0.4) is 0 Å². The van der Waals surface area contributed by atoms with Crippen molar-refractivity contribution in [1.29, 1.82) is 0 Å². The molecule has 1 aliphatic rings. The summed E-state index contributed by atoms with van der Waals surface area (Å²) >= 11 is 1.80. The maximum Gasteiger partial charge on any atom is 0.328 e. The summed E-state index contributed by atoms with van der Waals surface area (Å²) in [4.78, 5) is 25.8. The number of furan rings is 1.